The molecular formula is C23H30F3N3O2. The number of ether oxygens (including phenoxy) is 1. The number of Topliss-reactive ketones (excluding diaryl/α,β-unsaturated/α-hetero) is 1. The number of halogens is 3. The number of nitrogens with zero attached hydrogens (tertiary/aromatic N) is 3. The molecule has 0 spiro atoms. The number of carbonyl (C=O) groups is 1. The number of methoxy groups -OCH3 is 1. The van der Waals surface area contributed by atoms with Crippen LogP contribution in [0, 0.1) is 13.8 Å². The second kappa shape index (κ2) is 9.44. The van der Waals surface area contributed by atoms with Crippen LogP contribution in [0.3, 0.4) is 0 Å². The van der Waals surface area contributed by atoms with E-state index in [0.717, 1.165) is 23.0 Å². The molecule has 2 aromatic rings. The molecule has 31 heavy (non-hydrogen) atoms. The molecule has 1 fully saturated rings. The van der Waals surface area contributed by atoms with Crippen LogP contribution in [0.4, 0.5) is 18.9 Å². The number of ketones is 1. The predicted molar refractivity (Wildman–Crippen MR) is 115 cm³/mol. The fraction of sp³-hybridized carbons (Fsp3) is 0.522. The van der Waals surface area contributed by atoms with E-state index in [1.807, 2.05) is 24.8 Å². The number of carbonyl (C=O) groups excluding carboxylic acids is 1. The van der Waals surface area contributed by atoms with Crippen LogP contribution in [0.15, 0.2) is 30.3 Å². The lowest BCUT2D eigenvalue weighted by molar-refractivity contribution is -0.137. The van der Waals surface area contributed by atoms with Crippen LogP contribution in [-0.4, -0.2) is 61.7 Å². The van der Waals surface area contributed by atoms with Crippen molar-refractivity contribution in [3.8, 4) is 0 Å². The SMILES string of the molecule is COC[C@@H](C)n1c(C)cc(C(=O)CN2CCN(c3cccc(C(F)(F)F)c3)CC2)c1C. The molecule has 0 amide bonds. The molecule has 170 valence electrons. The van der Waals surface area contributed by atoms with Crippen molar-refractivity contribution in [1.29, 1.82) is 0 Å². The number of hydrogen-bond acceptors (Lipinski definition) is 4. The smallest absolute Gasteiger partial charge is 0.383 e. The van der Waals surface area contributed by atoms with Gasteiger partial charge in [-0.25, -0.2) is 0 Å². The molecule has 1 aromatic heterocycles. The normalized spacial score (nSPS) is 16.5. The molecule has 5 nitrogen and oxygen atoms in total. The van der Waals surface area contributed by atoms with Crippen molar-refractivity contribution >= 4 is 11.5 Å². The average molecular weight is 438 g/mol. The van der Waals surface area contributed by atoms with Gasteiger partial charge in [0.2, 0.25) is 0 Å². The van der Waals surface area contributed by atoms with Gasteiger partial charge in [-0.15, -0.1) is 0 Å². The molecule has 0 saturated carbocycles. The highest BCUT2D eigenvalue weighted by Gasteiger charge is 2.31. The molecular weight excluding hydrogens is 407 g/mol. The first-order valence-electron chi connectivity index (χ1n) is 10.5. The monoisotopic (exact) mass is 437 g/mol. The third kappa shape index (κ3) is 5.30. The van der Waals surface area contributed by atoms with Gasteiger partial charge in [-0.3, -0.25) is 9.69 Å². The first-order chi connectivity index (χ1) is 14.6. The number of rotatable bonds is 7. The number of benzene rings is 1. The summed E-state index contributed by atoms with van der Waals surface area (Å²) in [6.07, 6.45) is -4.35. The van der Waals surface area contributed by atoms with Crippen LogP contribution >= 0.6 is 0 Å². The lowest BCUT2D eigenvalue weighted by atomic mass is 10.1. The fourth-order valence-electron chi connectivity index (χ4n) is 4.38. The van der Waals surface area contributed by atoms with Crippen molar-refractivity contribution < 1.29 is 22.7 Å². The zero-order valence-corrected chi connectivity index (χ0v) is 18.5. The van der Waals surface area contributed by atoms with E-state index in [1.54, 1.807) is 13.2 Å². The molecule has 2 heterocycles. The van der Waals surface area contributed by atoms with Crippen molar-refractivity contribution in [3.05, 3.63) is 52.8 Å². The van der Waals surface area contributed by atoms with Gasteiger partial charge in [0, 0.05) is 55.9 Å². The summed E-state index contributed by atoms with van der Waals surface area (Å²) in [5.74, 6) is 0.0662. The third-order valence-corrected chi connectivity index (χ3v) is 5.91. The van der Waals surface area contributed by atoms with Crippen LogP contribution in [0.2, 0.25) is 0 Å². The lowest BCUT2D eigenvalue weighted by Crippen LogP contribution is -2.48. The van der Waals surface area contributed by atoms with E-state index < -0.39 is 11.7 Å². The summed E-state index contributed by atoms with van der Waals surface area (Å²) < 4.78 is 46.3. The number of anilines is 1. The Bertz CT molecular complexity index is 915. The van der Waals surface area contributed by atoms with Crippen LogP contribution in [0.1, 0.15) is 40.3 Å². The van der Waals surface area contributed by atoms with E-state index in [2.05, 4.69) is 16.4 Å². The van der Waals surface area contributed by atoms with Crippen LogP contribution < -0.4 is 4.90 Å². The van der Waals surface area contributed by atoms with Gasteiger partial charge in [-0.05, 0) is 45.0 Å². The predicted octanol–water partition coefficient (Wildman–Crippen LogP) is 4.34. The van der Waals surface area contributed by atoms with E-state index in [0.29, 0.717) is 45.0 Å². The Morgan fingerprint density at radius 2 is 1.81 bits per heavy atom. The van der Waals surface area contributed by atoms with Crippen molar-refractivity contribution in [3.63, 3.8) is 0 Å². The molecule has 1 aliphatic heterocycles. The summed E-state index contributed by atoms with van der Waals surface area (Å²) in [6.45, 7) is 9.30. The van der Waals surface area contributed by atoms with Gasteiger partial charge in [0.1, 0.15) is 0 Å². The van der Waals surface area contributed by atoms with Gasteiger partial charge in [0.15, 0.2) is 5.78 Å². The molecule has 0 bridgehead atoms. The van der Waals surface area contributed by atoms with Crippen molar-refractivity contribution in [2.75, 3.05) is 51.3 Å². The Hall–Kier alpha value is -2.32. The average Bonchev–Trinajstić information content (AvgIpc) is 3.02. The summed E-state index contributed by atoms with van der Waals surface area (Å²) in [4.78, 5) is 17.0. The van der Waals surface area contributed by atoms with Crippen molar-refractivity contribution in [2.24, 2.45) is 0 Å². The summed E-state index contributed by atoms with van der Waals surface area (Å²) in [7, 11) is 1.66. The Labute approximate surface area is 181 Å². The first-order valence-corrected chi connectivity index (χ1v) is 10.5. The molecule has 0 unspecified atom stereocenters. The first kappa shape index (κ1) is 23.3. The summed E-state index contributed by atoms with van der Waals surface area (Å²) in [6, 6.07) is 7.49. The van der Waals surface area contributed by atoms with E-state index in [9.17, 15) is 18.0 Å². The molecule has 0 N–H and O–H groups in total. The molecule has 0 aliphatic carbocycles. The fourth-order valence-corrected chi connectivity index (χ4v) is 4.38. The molecule has 1 aliphatic rings. The number of alkyl halides is 3. The third-order valence-electron chi connectivity index (χ3n) is 5.91. The highest BCUT2D eigenvalue weighted by molar-refractivity contribution is 5.99. The number of aromatic nitrogens is 1. The van der Waals surface area contributed by atoms with Gasteiger partial charge >= 0.3 is 6.18 Å². The minimum absolute atomic E-state index is 0.0662. The van der Waals surface area contributed by atoms with E-state index >= 15 is 0 Å². The van der Waals surface area contributed by atoms with Crippen molar-refractivity contribution in [2.45, 2.75) is 33.0 Å². The lowest BCUT2D eigenvalue weighted by Gasteiger charge is -2.36. The van der Waals surface area contributed by atoms with Crippen LogP contribution in [0.25, 0.3) is 0 Å². The van der Waals surface area contributed by atoms with Crippen molar-refractivity contribution in [1.82, 2.24) is 9.47 Å². The second-order valence-electron chi connectivity index (χ2n) is 8.19. The molecule has 1 aromatic carbocycles. The Balaban J connectivity index is 1.62. The molecule has 0 radical (unpaired) electrons. The van der Waals surface area contributed by atoms with E-state index in [1.165, 1.54) is 12.1 Å². The second-order valence-corrected chi connectivity index (χ2v) is 8.19. The van der Waals surface area contributed by atoms with E-state index in [-0.39, 0.29) is 11.8 Å². The Morgan fingerprint density at radius 1 is 1.13 bits per heavy atom. The largest absolute Gasteiger partial charge is 0.416 e. The maximum absolute atomic E-state index is 13.0. The molecule has 3 rings (SSSR count). The van der Waals surface area contributed by atoms with Gasteiger partial charge in [-0.2, -0.15) is 13.2 Å². The number of hydrogen-bond donors (Lipinski definition) is 0. The zero-order chi connectivity index (χ0) is 22.8. The summed E-state index contributed by atoms with van der Waals surface area (Å²) in [5, 5.41) is 0. The molecule has 8 heteroatoms. The van der Waals surface area contributed by atoms with Gasteiger partial charge in [-0.1, -0.05) is 6.07 Å². The maximum atomic E-state index is 13.0. The highest BCUT2D eigenvalue weighted by atomic mass is 19.4. The quantitative estimate of drug-likeness (QED) is 0.604. The highest BCUT2D eigenvalue weighted by Crippen LogP contribution is 2.32. The summed E-state index contributed by atoms with van der Waals surface area (Å²) >= 11 is 0. The molecule has 1 saturated heterocycles. The topological polar surface area (TPSA) is 37.7 Å². The maximum Gasteiger partial charge on any atom is 0.416 e. The van der Waals surface area contributed by atoms with E-state index in [4.69, 9.17) is 4.74 Å². The van der Waals surface area contributed by atoms with Crippen LogP contribution in [-0.2, 0) is 10.9 Å². The van der Waals surface area contributed by atoms with Crippen LogP contribution in [0.5, 0.6) is 0 Å². The van der Waals surface area contributed by atoms with Gasteiger partial charge in [0.05, 0.1) is 24.8 Å². The number of piperazine rings is 1. The Morgan fingerprint density at radius 3 is 2.42 bits per heavy atom. The minimum Gasteiger partial charge on any atom is -0.383 e. The summed E-state index contributed by atoms with van der Waals surface area (Å²) in [5.41, 5.74) is 2.62. The minimum atomic E-state index is -4.35. The standard InChI is InChI=1S/C23H30F3N3O2/c1-16-12-21(18(3)29(16)17(2)15-31-4)22(30)14-27-8-10-28(11-9-27)20-7-5-6-19(13-20)23(24,25)26/h5-7,12-13,17H,8-11,14-15H2,1-4H3/t17-/m1/s1. The Kier molecular flexibility index (Phi) is 7.11. The van der Waals surface area contributed by atoms with Gasteiger partial charge < -0.3 is 14.2 Å². The number of aryl methyl sites for hydroxylation is 1. The molecule has 1 atom stereocenters. The van der Waals surface area contributed by atoms with Gasteiger partial charge in [0.25, 0.3) is 0 Å². The zero-order valence-electron chi connectivity index (χ0n) is 18.5.